The molecule has 7 heteroatoms. The van der Waals surface area contributed by atoms with Gasteiger partial charge >= 0.3 is 7.12 Å². The van der Waals surface area contributed by atoms with Gasteiger partial charge in [-0.15, -0.1) is 0 Å². The molecule has 0 radical (unpaired) electrons. The van der Waals surface area contributed by atoms with Crippen LogP contribution in [-0.4, -0.2) is 40.4 Å². The quantitative estimate of drug-likeness (QED) is 0.628. The van der Waals surface area contributed by atoms with Crippen LogP contribution in [0.15, 0.2) is 42.6 Å². The number of ether oxygens (including phenoxy) is 1. The number of benzene rings is 1. The second-order valence-corrected chi connectivity index (χ2v) is 10.2. The van der Waals surface area contributed by atoms with Crippen molar-refractivity contribution in [3.63, 3.8) is 0 Å². The van der Waals surface area contributed by atoms with Gasteiger partial charge in [0.05, 0.1) is 18.3 Å². The SMILES string of the molecule is COc1ccc(-c2nc3ccc(B4OC(C)(C)C(C)(C)O4)cn3c2NC(C)(C)C)cc1. The minimum absolute atomic E-state index is 0.141. The molecule has 0 spiro atoms. The van der Waals surface area contributed by atoms with Crippen LogP contribution >= 0.6 is 0 Å². The summed E-state index contributed by atoms with van der Waals surface area (Å²) >= 11 is 0. The van der Waals surface area contributed by atoms with Crippen molar-refractivity contribution in [2.75, 3.05) is 12.4 Å². The Morgan fingerprint density at radius 1 is 0.968 bits per heavy atom. The molecule has 0 atom stereocenters. The fourth-order valence-corrected chi connectivity index (χ4v) is 3.60. The molecule has 2 aromatic heterocycles. The van der Waals surface area contributed by atoms with Crippen LogP contribution < -0.4 is 15.5 Å². The van der Waals surface area contributed by atoms with Gasteiger partial charge in [-0.25, -0.2) is 4.98 Å². The third-order valence-electron chi connectivity index (χ3n) is 6.02. The first-order chi connectivity index (χ1) is 14.4. The molecule has 1 fully saturated rings. The Bertz CT molecular complexity index is 1080. The molecule has 1 N–H and O–H groups in total. The Balaban J connectivity index is 1.82. The Hall–Kier alpha value is -2.51. The fourth-order valence-electron chi connectivity index (χ4n) is 3.60. The van der Waals surface area contributed by atoms with E-state index in [1.54, 1.807) is 7.11 Å². The van der Waals surface area contributed by atoms with Crippen molar-refractivity contribution in [1.29, 1.82) is 0 Å². The maximum atomic E-state index is 6.27. The third-order valence-corrected chi connectivity index (χ3v) is 6.02. The molecule has 4 rings (SSSR count). The summed E-state index contributed by atoms with van der Waals surface area (Å²) in [5, 5.41) is 3.64. The van der Waals surface area contributed by atoms with Crippen LogP contribution in [0.4, 0.5) is 5.82 Å². The lowest BCUT2D eigenvalue weighted by Crippen LogP contribution is -2.41. The smallest absolute Gasteiger partial charge is 0.496 e. The molecule has 0 amide bonds. The van der Waals surface area contributed by atoms with Crippen molar-refractivity contribution in [1.82, 2.24) is 9.38 Å². The summed E-state index contributed by atoms with van der Waals surface area (Å²) < 4.78 is 19.9. The first kappa shape index (κ1) is 21.7. The van der Waals surface area contributed by atoms with E-state index in [2.05, 4.69) is 64.4 Å². The molecular weight excluding hydrogens is 389 g/mol. The fraction of sp³-hybridized carbons (Fsp3) is 0.458. The topological polar surface area (TPSA) is 57.0 Å². The zero-order chi connectivity index (χ0) is 22.6. The van der Waals surface area contributed by atoms with Gasteiger partial charge in [-0.3, -0.25) is 4.40 Å². The maximum absolute atomic E-state index is 6.27. The Labute approximate surface area is 185 Å². The van der Waals surface area contributed by atoms with E-state index in [1.165, 1.54) is 0 Å². The molecular formula is C24H32BN3O3. The normalized spacial score (nSPS) is 17.9. The summed E-state index contributed by atoms with van der Waals surface area (Å²) in [6, 6.07) is 12.0. The number of rotatable bonds is 4. The van der Waals surface area contributed by atoms with Crippen molar-refractivity contribution >= 4 is 24.0 Å². The van der Waals surface area contributed by atoms with Gasteiger partial charge in [-0.1, -0.05) is 6.07 Å². The number of hydrogen-bond donors (Lipinski definition) is 1. The molecule has 0 saturated carbocycles. The molecule has 1 saturated heterocycles. The first-order valence-corrected chi connectivity index (χ1v) is 10.7. The second kappa shape index (κ2) is 7.28. The van der Waals surface area contributed by atoms with Crippen LogP contribution in [0.25, 0.3) is 16.9 Å². The van der Waals surface area contributed by atoms with Gasteiger partial charge in [0.1, 0.15) is 22.9 Å². The Kier molecular flexibility index (Phi) is 5.10. The minimum atomic E-state index is -0.427. The van der Waals surface area contributed by atoms with Gasteiger partial charge < -0.3 is 19.4 Å². The van der Waals surface area contributed by atoms with Crippen molar-refractivity contribution in [3.05, 3.63) is 42.6 Å². The molecule has 3 heterocycles. The second-order valence-electron chi connectivity index (χ2n) is 10.2. The minimum Gasteiger partial charge on any atom is -0.497 e. The van der Waals surface area contributed by atoms with Crippen molar-refractivity contribution < 1.29 is 14.0 Å². The van der Waals surface area contributed by atoms with Crippen LogP contribution in [0.1, 0.15) is 48.5 Å². The van der Waals surface area contributed by atoms with Crippen LogP contribution in [0.3, 0.4) is 0 Å². The largest absolute Gasteiger partial charge is 0.497 e. The van der Waals surface area contributed by atoms with Crippen LogP contribution in [-0.2, 0) is 9.31 Å². The van der Waals surface area contributed by atoms with Gasteiger partial charge in [-0.05, 0) is 84.3 Å². The number of methoxy groups -OCH3 is 1. The average Bonchev–Trinajstić information content (AvgIpc) is 3.13. The predicted octanol–water partition coefficient (Wildman–Crippen LogP) is 4.52. The predicted molar refractivity (Wildman–Crippen MR) is 126 cm³/mol. The highest BCUT2D eigenvalue weighted by Crippen LogP contribution is 2.37. The zero-order valence-corrected chi connectivity index (χ0v) is 19.7. The Morgan fingerprint density at radius 3 is 2.13 bits per heavy atom. The number of hydrogen-bond acceptors (Lipinski definition) is 5. The third kappa shape index (κ3) is 4.04. The van der Waals surface area contributed by atoms with Crippen LogP contribution in [0.2, 0.25) is 0 Å². The highest BCUT2D eigenvalue weighted by molar-refractivity contribution is 6.62. The molecule has 1 aliphatic rings. The number of pyridine rings is 1. The molecule has 164 valence electrons. The van der Waals surface area contributed by atoms with E-state index in [-0.39, 0.29) is 16.7 Å². The first-order valence-electron chi connectivity index (χ1n) is 10.7. The van der Waals surface area contributed by atoms with Crippen molar-refractivity contribution in [2.45, 2.75) is 65.2 Å². The monoisotopic (exact) mass is 421 g/mol. The molecule has 1 aromatic carbocycles. The van der Waals surface area contributed by atoms with Crippen molar-refractivity contribution in [2.24, 2.45) is 0 Å². The summed E-state index contributed by atoms with van der Waals surface area (Å²) in [6.07, 6.45) is 2.06. The zero-order valence-electron chi connectivity index (χ0n) is 19.7. The number of aromatic nitrogens is 2. The standard InChI is InChI=1S/C24H32BN3O3/c1-22(2,3)27-21-20(16-9-12-18(29-8)13-10-16)26-19-14-11-17(15-28(19)21)25-30-23(4,5)24(6,7)31-25/h9-15,27H,1-8H3. The van der Waals surface area contributed by atoms with Gasteiger partial charge in [0.2, 0.25) is 0 Å². The number of anilines is 1. The van der Waals surface area contributed by atoms with E-state index in [1.807, 2.05) is 36.4 Å². The molecule has 1 aliphatic heterocycles. The van der Waals surface area contributed by atoms with E-state index in [9.17, 15) is 0 Å². The number of fused-ring (bicyclic) bond motifs is 1. The summed E-state index contributed by atoms with van der Waals surface area (Å²) in [7, 11) is 1.24. The lowest BCUT2D eigenvalue weighted by Gasteiger charge is -2.32. The van der Waals surface area contributed by atoms with E-state index < -0.39 is 7.12 Å². The Morgan fingerprint density at radius 2 is 1.58 bits per heavy atom. The number of nitrogens with one attached hydrogen (secondary N) is 1. The van der Waals surface area contributed by atoms with Crippen LogP contribution in [0.5, 0.6) is 5.75 Å². The summed E-state index contributed by atoms with van der Waals surface area (Å²) in [5.41, 5.74) is 2.82. The summed E-state index contributed by atoms with van der Waals surface area (Å²) in [5.74, 6) is 1.76. The van der Waals surface area contributed by atoms with E-state index in [0.717, 1.165) is 33.9 Å². The summed E-state index contributed by atoms with van der Waals surface area (Å²) in [4.78, 5) is 4.93. The number of nitrogens with zero attached hydrogens (tertiary/aromatic N) is 2. The summed E-state index contributed by atoms with van der Waals surface area (Å²) in [6.45, 7) is 14.7. The van der Waals surface area contributed by atoms with Gasteiger partial charge in [0.25, 0.3) is 0 Å². The highest BCUT2D eigenvalue weighted by Gasteiger charge is 2.51. The molecule has 6 nitrogen and oxygen atoms in total. The molecule has 0 aliphatic carbocycles. The van der Waals surface area contributed by atoms with Gasteiger partial charge in [0, 0.05) is 17.3 Å². The molecule has 0 unspecified atom stereocenters. The average molecular weight is 421 g/mol. The van der Waals surface area contributed by atoms with Gasteiger partial charge in [0.15, 0.2) is 0 Å². The van der Waals surface area contributed by atoms with Crippen LogP contribution in [0, 0.1) is 0 Å². The van der Waals surface area contributed by atoms with Gasteiger partial charge in [-0.2, -0.15) is 0 Å². The van der Waals surface area contributed by atoms with E-state index in [4.69, 9.17) is 19.0 Å². The molecule has 31 heavy (non-hydrogen) atoms. The highest BCUT2D eigenvalue weighted by atomic mass is 16.7. The van der Waals surface area contributed by atoms with E-state index >= 15 is 0 Å². The van der Waals surface area contributed by atoms with Crippen molar-refractivity contribution in [3.8, 4) is 17.0 Å². The number of imidazole rings is 1. The lowest BCUT2D eigenvalue weighted by atomic mass is 9.80. The molecule has 0 bridgehead atoms. The van der Waals surface area contributed by atoms with E-state index in [0.29, 0.717) is 0 Å². The molecule has 3 aromatic rings. The maximum Gasteiger partial charge on any atom is 0.496 e. The lowest BCUT2D eigenvalue weighted by molar-refractivity contribution is 0.00578.